The Morgan fingerprint density at radius 3 is 2.84 bits per heavy atom. The SMILES string of the molecule is CN1CCCC(NS(=O)(=O)c2ccc(O)c(N)c2)C1. The van der Waals surface area contributed by atoms with Gasteiger partial charge in [-0.15, -0.1) is 0 Å². The number of likely N-dealkylation sites (N-methyl/N-ethyl adjacent to an activating group) is 1. The van der Waals surface area contributed by atoms with Crippen LogP contribution in [0, 0.1) is 0 Å². The Balaban J connectivity index is 2.15. The molecule has 1 aliphatic rings. The van der Waals surface area contributed by atoms with E-state index in [0.29, 0.717) is 6.54 Å². The molecule has 1 unspecified atom stereocenters. The van der Waals surface area contributed by atoms with E-state index >= 15 is 0 Å². The molecular weight excluding hydrogens is 266 g/mol. The van der Waals surface area contributed by atoms with Crippen molar-refractivity contribution in [2.24, 2.45) is 0 Å². The Morgan fingerprint density at radius 1 is 1.47 bits per heavy atom. The van der Waals surface area contributed by atoms with Gasteiger partial charge < -0.3 is 15.7 Å². The van der Waals surface area contributed by atoms with Crippen LogP contribution in [-0.2, 0) is 10.0 Å². The number of phenols is 1. The smallest absolute Gasteiger partial charge is 0.240 e. The van der Waals surface area contributed by atoms with Crippen molar-refractivity contribution in [3.8, 4) is 5.75 Å². The van der Waals surface area contributed by atoms with Gasteiger partial charge in [-0.3, -0.25) is 0 Å². The van der Waals surface area contributed by atoms with E-state index in [4.69, 9.17) is 5.73 Å². The highest BCUT2D eigenvalue weighted by molar-refractivity contribution is 7.89. The Kier molecular flexibility index (Phi) is 3.98. The summed E-state index contributed by atoms with van der Waals surface area (Å²) in [6.45, 7) is 1.69. The second-order valence-electron chi connectivity index (χ2n) is 4.94. The van der Waals surface area contributed by atoms with Gasteiger partial charge in [0.05, 0.1) is 10.6 Å². The average Bonchev–Trinajstić information content (AvgIpc) is 2.32. The van der Waals surface area contributed by atoms with Gasteiger partial charge in [-0.2, -0.15) is 0 Å². The highest BCUT2D eigenvalue weighted by Crippen LogP contribution is 2.23. The summed E-state index contributed by atoms with van der Waals surface area (Å²) in [5, 5.41) is 9.32. The molecule has 1 fully saturated rings. The molecule has 1 saturated heterocycles. The topological polar surface area (TPSA) is 95.7 Å². The maximum absolute atomic E-state index is 12.2. The van der Waals surface area contributed by atoms with Gasteiger partial charge in [0.2, 0.25) is 10.0 Å². The van der Waals surface area contributed by atoms with E-state index in [1.54, 1.807) is 0 Å². The highest BCUT2D eigenvalue weighted by atomic mass is 32.2. The lowest BCUT2D eigenvalue weighted by atomic mass is 10.1. The number of phenolic OH excluding ortho intramolecular Hbond substituents is 1. The number of likely N-dealkylation sites (tertiary alicyclic amines) is 1. The fourth-order valence-corrected chi connectivity index (χ4v) is 3.55. The first-order chi connectivity index (χ1) is 8.88. The average molecular weight is 285 g/mol. The van der Waals surface area contributed by atoms with Crippen molar-refractivity contribution >= 4 is 15.7 Å². The fourth-order valence-electron chi connectivity index (χ4n) is 2.25. The first-order valence-electron chi connectivity index (χ1n) is 6.18. The lowest BCUT2D eigenvalue weighted by molar-refractivity contribution is 0.242. The van der Waals surface area contributed by atoms with Crippen LogP contribution in [0.5, 0.6) is 5.75 Å². The Labute approximate surface area is 113 Å². The number of sulfonamides is 1. The maximum atomic E-state index is 12.2. The third-order valence-electron chi connectivity index (χ3n) is 3.26. The summed E-state index contributed by atoms with van der Waals surface area (Å²) >= 11 is 0. The molecule has 4 N–H and O–H groups in total. The van der Waals surface area contributed by atoms with Crippen molar-refractivity contribution < 1.29 is 13.5 Å². The van der Waals surface area contributed by atoms with E-state index in [1.165, 1.54) is 18.2 Å². The summed E-state index contributed by atoms with van der Waals surface area (Å²) in [4.78, 5) is 2.18. The molecule has 106 valence electrons. The first kappa shape index (κ1) is 14.1. The molecule has 1 heterocycles. The molecule has 1 atom stereocenters. The van der Waals surface area contributed by atoms with Crippen molar-refractivity contribution in [3.63, 3.8) is 0 Å². The van der Waals surface area contributed by atoms with Crippen molar-refractivity contribution in [2.45, 2.75) is 23.8 Å². The third-order valence-corrected chi connectivity index (χ3v) is 4.77. The summed E-state index contributed by atoms with van der Waals surface area (Å²) in [6, 6.07) is 3.82. The largest absolute Gasteiger partial charge is 0.506 e. The molecule has 0 bridgehead atoms. The number of hydrogen-bond donors (Lipinski definition) is 3. The molecular formula is C12H19N3O3S. The zero-order chi connectivity index (χ0) is 14.0. The zero-order valence-electron chi connectivity index (χ0n) is 10.8. The van der Waals surface area contributed by atoms with Crippen molar-refractivity contribution in [1.29, 1.82) is 0 Å². The Morgan fingerprint density at radius 2 is 2.21 bits per heavy atom. The number of nitrogens with two attached hydrogens (primary N) is 1. The second kappa shape index (κ2) is 5.36. The monoisotopic (exact) mass is 285 g/mol. The van der Waals surface area contributed by atoms with Gasteiger partial charge in [0, 0.05) is 12.6 Å². The molecule has 1 aromatic carbocycles. The Hall–Kier alpha value is -1.31. The van der Waals surface area contributed by atoms with Gasteiger partial charge in [0.25, 0.3) is 0 Å². The predicted molar refractivity (Wildman–Crippen MR) is 73.4 cm³/mol. The van der Waals surface area contributed by atoms with Gasteiger partial charge in [-0.25, -0.2) is 13.1 Å². The number of aromatic hydroxyl groups is 1. The van der Waals surface area contributed by atoms with Crippen LogP contribution in [0.3, 0.4) is 0 Å². The van der Waals surface area contributed by atoms with Gasteiger partial charge in [-0.05, 0) is 44.6 Å². The summed E-state index contributed by atoms with van der Waals surface area (Å²) in [5.74, 6) is -0.114. The quantitative estimate of drug-likeness (QED) is 0.550. The van der Waals surface area contributed by atoms with Crippen LogP contribution in [0.15, 0.2) is 23.1 Å². The van der Waals surface area contributed by atoms with Gasteiger partial charge >= 0.3 is 0 Å². The molecule has 6 nitrogen and oxygen atoms in total. The number of piperidine rings is 1. The van der Waals surface area contributed by atoms with Crippen LogP contribution < -0.4 is 10.5 Å². The molecule has 0 radical (unpaired) electrons. The molecule has 2 rings (SSSR count). The number of benzene rings is 1. The lowest BCUT2D eigenvalue weighted by Crippen LogP contribution is -2.46. The number of nitrogens with zero attached hydrogens (tertiary/aromatic N) is 1. The minimum Gasteiger partial charge on any atom is -0.506 e. The molecule has 0 amide bonds. The van der Waals surface area contributed by atoms with E-state index in [2.05, 4.69) is 9.62 Å². The van der Waals surface area contributed by atoms with E-state index in [9.17, 15) is 13.5 Å². The van der Waals surface area contributed by atoms with Crippen LogP contribution in [0.2, 0.25) is 0 Å². The molecule has 0 spiro atoms. The molecule has 1 aliphatic heterocycles. The predicted octanol–water partition coefficient (Wildman–Crippen LogP) is 0.347. The van der Waals surface area contributed by atoms with Gasteiger partial charge in [0.15, 0.2) is 0 Å². The third kappa shape index (κ3) is 3.37. The molecule has 7 heteroatoms. The fraction of sp³-hybridized carbons (Fsp3) is 0.500. The van der Waals surface area contributed by atoms with Crippen LogP contribution >= 0.6 is 0 Å². The number of nitrogens with one attached hydrogen (secondary N) is 1. The molecule has 1 aromatic rings. The Bertz CT molecular complexity index is 559. The second-order valence-corrected chi connectivity index (χ2v) is 6.66. The summed E-state index contributed by atoms with van der Waals surface area (Å²) in [6.07, 6.45) is 1.80. The van der Waals surface area contributed by atoms with Crippen molar-refractivity contribution in [2.75, 3.05) is 25.9 Å². The highest BCUT2D eigenvalue weighted by Gasteiger charge is 2.24. The van der Waals surface area contributed by atoms with Gasteiger partial charge in [0.1, 0.15) is 5.75 Å². The standard InChI is InChI=1S/C12H19N3O3S/c1-15-6-2-3-9(8-15)14-19(17,18)10-4-5-12(16)11(13)7-10/h4-5,7,9,14,16H,2-3,6,8,13H2,1H3. The summed E-state index contributed by atoms with van der Waals surface area (Å²) in [5.41, 5.74) is 5.58. The maximum Gasteiger partial charge on any atom is 0.240 e. The van der Waals surface area contributed by atoms with Crippen LogP contribution in [-0.4, -0.2) is 44.6 Å². The van der Waals surface area contributed by atoms with Crippen LogP contribution in [0.4, 0.5) is 5.69 Å². The van der Waals surface area contributed by atoms with E-state index in [1.807, 2.05) is 7.05 Å². The number of hydrogen-bond acceptors (Lipinski definition) is 5. The minimum absolute atomic E-state index is 0.0589. The van der Waals surface area contributed by atoms with Gasteiger partial charge in [-0.1, -0.05) is 0 Å². The van der Waals surface area contributed by atoms with Crippen LogP contribution in [0.25, 0.3) is 0 Å². The molecule has 19 heavy (non-hydrogen) atoms. The van der Waals surface area contributed by atoms with Crippen molar-refractivity contribution in [3.05, 3.63) is 18.2 Å². The normalized spacial score (nSPS) is 21.4. The number of rotatable bonds is 3. The first-order valence-corrected chi connectivity index (χ1v) is 7.66. The molecule has 0 aliphatic carbocycles. The number of anilines is 1. The van der Waals surface area contributed by atoms with Crippen LogP contribution in [0.1, 0.15) is 12.8 Å². The lowest BCUT2D eigenvalue weighted by Gasteiger charge is -2.30. The van der Waals surface area contributed by atoms with E-state index in [-0.39, 0.29) is 22.4 Å². The zero-order valence-corrected chi connectivity index (χ0v) is 11.7. The van der Waals surface area contributed by atoms with Crippen molar-refractivity contribution in [1.82, 2.24) is 9.62 Å². The molecule has 0 saturated carbocycles. The van der Waals surface area contributed by atoms with E-state index in [0.717, 1.165) is 19.4 Å². The summed E-state index contributed by atoms with van der Waals surface area (Å²) < 4.78 is 27.1. The molecule has 0 aromatic heterocycles. The summed E-state index contributed by atoms with van der Waals surface area (Å²) in [7, 11) is -1.62. The number of nitrogen functional groups attached to an aromatic ring is 1. The van der Waals surface area contributed by atoms with E-state index < -0.39 is 10.0 Å². The minimum atomic E-state index is -3.59.